The van der Waals surface area contributed by atoms with Crippen LogP contribution in [0, 0.1) is 0 Å². The number of rotatable bonds is 22. The number of unbranched alkanes of at least 4 members (excludes halogenated alkanes) is 10. The van der Waals surface area contributed by atoms with Crippen LogP contribution in [0.2, 0.25) is 0 Å². The standard InChI is InChI=1S/C38H54O6/c1-5-9-11-13-15-19-25-41-34(39)27-43-37-31-21-17-18-22-32(31)38(36-30(8-4)29(7-3)23-24-33(36)37)44-28-35(40)42-26-20-16-14-12-10-6-2/h17-18,21-24H,5-16,19-20,25-28H2,1-4H3. The smallest absolute Gasteiger partial charge is 0.344 e. The van der Waals surface area contributed by atoms with Crippen LogP contribution in [0.1, 0.15) is 116 Å². The lowest BCUT2D eigenvalue weighted by Crippen LogP contribution is -2.17. The van der Waals surface area contributed by atoms with Crippen molar-refractivity contribution in [3.05, 3.63) is 47.5 Å². The minimum Gasteiger partial charge on any atom is -0.481 e. The van der Waals surface area contributed by atoms with Crippen LogP contribution in [0.3, 0.4) is 0 Å². The van der Waals surface area contributed by atoms with E-state index in [0.29, 0.717) is 24.7 Å². The van der Waals surface area contributed by atoms with Crippen LogP contribution in [0.5, 0.6) is 11.5 Å². The normalized spacial score (nSPS) is 11.2. The summed E-state index contributed by atoms with van der Waals surface area (Å²) in [7, 11) is 0. The summed E-state index contributed by atoms with van der Waals surface area (Å²) in [6.07, 6.45) is 15.3. The lowest BCUT2D eigenvalue weighted by atomic mass is 9.91. The third kappa shape index (κ3) is 10.4. The van der Waals surface area contributed by atoms with Crippen LogP contribution in [-0.2, 0) is 31.9 Å². The van der Waals surface area contributed by atoms with Crippen molar-refractivity contribution in [2.45, 2.75) is 118 Å². The Labute approximate surface area is 264 Å². The van der Waals surface area contributed by atoms with E-state index in [1.54, 1.807) is 0 Å². The number of fused-ring (bicyclic) bond motifs is 2. The second-order valence-electron chi connectivity index (χ2n) is 11.6. The second-order valence-corrected chi connectivity index (χ2v) is 11.6. The minimum absolute atomic E-state index is 0.167. The number of hydrogen-bond acceptors (Lipinski definition) is 6. The number of ether oxygens (including phenoxy) is 4. The Hall–Kier alpha value is -3.28. The average molecular weight is 607 g/mol. The zero-order valence-corrected chi connectivity index (χ0v) is 27.6. The van der Waals surface area contributed by atoms with E-state index >= 15 is 0 Å². The molecule has 0 saturated carbocycles. The van der Waals surface area contributed by atoms with Gasteiger partial charge < -0.3 is 18.9 Å². The van der Waals surface area contributed by atoms with E-state index in [0.717, 1.165) is 65.6 Å². The monoisotopic (exact) mass is 606 g/mol. The first-order valence-corrected chi connectivity index (χ1v) is 17.1. The van der Waals surface area contributed by atoms with E-state index in [4.69, 9.17) is 18.9 Å². The fourth-order valence-corrected chi connectivity index (χ4v) is 5.82. The first-order valence-electron chi connectivity index (χ1n) is 17.1. The minimum atomic E-state index is -0.370. The molecule has 44 heavy (non-hydrogen) atoms. The molecule has 0 amide bonds. The van der Waals surface area contributed by atoms with Gasteiger partial charge in [-0.15, -0.1) is 0 Å². The zero-order valence-electron chi connectivity index (χ0n) is 27.6. The van der Waals surface area contributed by atoms with Gasteiger partial charge in [0.1, 0.15) is 11.5 Å². The molecule has 6 heteroatoms. The molecule has 0 atom stereocenters. The van der Waals surface area contributed by atoms with Gasteiger partial charge >= 0.3 is 11.9 Å². The van der Waals surface area contributed by atoms with E-state index in [1.165, 1.54) is 56.9 Å². The van der Waals surface area contributed by atoms with Gasteiger partial charge in [-0.3, -0.25) is 0 Å². The van der Waals surface area contributed by atoms with Gasteiger partial charge in [-0.2, -0.15) is 0 Å². The molecule has 0 aliphatic heterocycles. The maximum absolute atomic E-state index is 12.7. The summed E-state index contributed by atoms with van der Waals surface area (Å²) in [5.41, 5.74) is 2.37. The summed E-state index contributed by atoms with van der Waals surface area (Å²) in [6, 6.07) is 12.0. The molecule has 0 aliphatic rings. The first kappa shape index (κ1) is 35.2. The maximum Gasteiger partial charge on any atom is 0.344 e. The van der Waals surface area contributed by atoms with Crippen molar-refractivity contribution >= 4 is 33.5 Å². The molecular weight excluding hydrogens is 552 g/mol. The largest absolute Gasteiger partial charge is 0.481 e. The third-order valence-corrected chi connectivity index (χ3v) is 8.22. The number of esters is 2. The molecule has 0 bridgehead atoms. The highest BCUT2D eigenvalue weighted by Crippen LogP contribution is 2.45. The number of carbonyl (C=O) groups excluding carboxylic acids is 2. The van der Waals surface area contributed by atoms with Gasteiger partial charge in [-0.25, -0.2) is 9.59 Å². The van der Waals surface area contributed by atoms with E-state index < -0.39 is 0 Å². The third-order valence-electron chi connectivity index (χ3n) is 8.22. The summed E-state index contributed by atoms with van der Waals surface area (Å²) in [5, 5.41) is 3.44. The zero-order chi connectivity index (χ0) is 31.6. The Balaban J connectivity index is 1.78. The average Bonchev–Trinajstić information content (AvgIpc) is 3.04. The fraction of sp³-hybridized carbons (Fsp3) is 0.579. The van der Waals surface area contributed by atoms with Crippen LogP contribution in [0.25, 0.3) is 21.5 Å². The summed E-state index contributed by atoms with van der Waals surface area (Å²) >= 11 is 0. The van der Waals surface area contributed by atoms with Gasteiger partial charge in [0, 0.05) is 21.5 Å². The lowest BCUT2D eigenvalue weighted by molar-refractivity contribution is -0.147. The van der Waals surface area contributed by atoms with Crippen LogP contribution in [0.4, 0.5) is 0 Å². The predicted octanol–water partition coefficient (Wildman–Crippen LogP) is 9.68. The molecular formula is C38H54O6. The molecule has 3 aromatic carbocycles. The molecule has 0 aromatic heterocycles. The highest BCUT2D eigenvalue weighted by molar-refractivity contribution is 6.12. The molecule has 0 aliphatic carbocycles. The quantitative estimate of drug-likeness (QED) is 0.0644. The van der Waals surface area contributed by atoms with Gasteiger partial charge in [0.15, 0.2) is 13.2 Å². The molecule has 0 unspecified atom stereocenters. The van der Waals surface area contributed by atoms with E-state index in [1.807, 2.05) is 30.3 Å². The second kappa shape index (κ2) is 19.9. The van der Waals surface area contributed by atoms with E-state index in [9.17, 15) is 9.59 Å². The van der Waals surface area contributed by atoms with Crippen molar-refractivity contribution in [2.24, 2.45) is 0 Å². The Kier molecular flexibility index (Phi) is 15.9. The SMILES string of the molecule is CCCCCCCCOC(=O)COc1c2ccccc2c(OCC(=O)OCCCCCCCC)c2c(CC)c(CC)ccc12. The summed E-state index contributed by atoms with van der Waals surface area (Å²) < 4.78 is 23.5. The van der Waals surface area contributed by atoms with Crippen molar-refractivity contribution in [1.29, 1.82) is 0 Å². The molecule has 0 radical (unpaired) electrons. The molecule has 0 heterocycles. The molecule has 242 valence electrons. The number of aryl methyl sites for hydroxylation is 2. The van der Waals surface area contributed by atoms with Crippen molar-refractivity contribution < 1.29 is 28.5 Å². The van der Waals surface area contributed by atoms with E-state index in [2.05, 4.69) is 33.8 Å². The van der Waals surface area contributed by atoms with Crippen LogP contribution in [0.15, 0.2) is 36.4 Å². The van der Waals surface area contributed by atoms with Gasteiger partial charge in [0.25, 0.3) is 0 Å². The Morgan fingerprint density at radius 2 is 1.05 bits per heavy atom. The molecule has 3 rings (SSSR count). The van der Waals surface area contributed by atoms with E-state index in [-0.39, 0.29) is 25.2 Å². The summed E-state index contributed by atoms with van der Waals surface area (Å²) in [6.45, 7) is 9.16. The first-order chi connectivity index (χ1) is 21.5. The number of carbonyl (C=O) groups is 2. The predicted molar refractivity (Wildman–Crippen MR) is 180 cm³/mol. The van der Waals surface area contributed by atoms with Crippen molar-refractivity contribution in [2.75, 3.05) is 26.4 Å². The van der Waals surface area contributed by atoms with Crippen LogP contribution >= 0.6 is 0 Å². The molecule has 0 N–H and O–H groups in total. The lowest BCUT2D eigenvalue weighted by Gasteiger charge is -2.21. The number of benzene rings is 3. The van der Waals surface area contributed by atoms with Crippen molar-refractivity contribution in [1.82, 2.24) is 0 Å². The topological polar surface area (TPSA) is 71.1 Å². The highest BCUT2D eigenvalue weighted by Gasteiger charge is 2.21. The maximum atomic E-state index is 12.7. The van der Waals surface area contributed by atoms with Gasteiger partial charge in [0.05, 0.1) is 13.2 Å². The fourth-order valence-electron chi connectivity index (χ4n) is 5.82. The Morgan fingerprint density at radius 3 is 1.57 bits per heavy atom. The molecule has 3 aromatic rings. The molecule has 0 saturated heterocycles. The van der Waals surface area contributed by atoms with Crippen molar-refractivity contribution in [3.8, 4) is 11.5 Å². The number of hydrogen-bond donors (Lipinski definition) is 0. The summed E-state index contributed by atoms with van der Waals surface area (Å²) in [4.78, 5) is 25.3. The molecule has 0 fully saturated rings. The van der Waals surface area contributed by atoms with Crippen LogP contribution < -0.4 is 9.47 Å². The van der Waals surface area contributed by atoms with Gasteiger partial charge in [-0.1, -0.05) is 128 Å². The highest BCUT2D eigenvalue weighted by atomic mass is 16.6. The van der Waals surface area contributed by atoms with Gasteiger partial charge in [0.2, 0.25) is 0 Å². The van der Waals surface area contributed by atoms with Crippen LogP contribution in [-0.4, -0.2) is 38.4 Å². The van der Waals surface area contributed by atoms with Gasteiger partial charge in [-0.05, 0) is 36.8 Å². The molecule has 6 nitrogen and oxygen atoms in total. The summed E-state index contributed by atoms with van der Waals surface area (Å²) in [5.74, 6) is 0.541. The van der Waals surface area contributed by atoms with Crippen molar-refractivity contribution in [3.63, 3.8) is 0 Å². The Bertz CT molecular complexity index is 1310. The molecule has 0 spiro atoms. The Morgan fingerprint density at radius 1 is 0.545 bits per heavy atom.